The highest BCUT2D eigenvalue weighted by molar-refractivity contribution is 9.09. The topological polar surface area (TPSA) is 256 Å². The smallest absolute Gasteiger partial charge is 0.405 e. The summed E-state index contributed by atoms with van der Waals surface area (Å²) in [6.45, 7) is 2.94. The molecule has 2 amide bonds. The van der Waals surface area contributed by atoms with Crippen LogP contribution in [0.2, 0.25) is 0 Å². The molecule has 1 fully saturated rings. The Bertz CT molecular complexity index is 2390. The number of alkyl halides is 7. The predicted molar refractivity (Wildman–Crippen MR) is 217 cm³/mol. The van der Waals surface area contributed by atoms with Crippen molar-refractivity contribution in [1.82, 2.24) is 41.7 Å². The first kappa shape index (κ1) is 49.1. The Hall–Kier alpha value is -6.23. The maximum absolute atomic E-state index is 12.5. The number of hydrogen-bond donors (Lipinski definition) is 7. The van der Waals surface area contributed by atoms with Crippen LogP contribution < -0.4 is 27.4 Å². The number of H-pyrrole nitrogens is 1. The van der Waals surface area contributed by atoms with Gasteiger partial charge in [-0.25, -0.2) is 19.9 Å². The van der Waals surface area contributed by atoms with Crippen molar-refractivity contribution in [1.29, 1.82) is 0 Å². The Balaban J connectivity index is 0.000000258. The van der Waals surface area contributed by atoms with Gasteiger partial charge in [-0.3, -0.25) is 24.0 Å². The quantitative estimate of drug-likeness (QED) is 0.0404. The molecular weight excluding hydrogens is 886 g/mol. The number of aliphatic carboxylic acids is 1. The van der Waals surface area contributed by atoms with E-state index >= 15 is 0 Å². The van der Waals surface area contributed by atoms with Crippen LogP contribution in [-0.2, 0) is 20.8 Å². The number of hydrogen-bond acceptors (Lipinski definition) is 12. The summed E-state index contributed by atoms with van der Waals surface area (Å²) in [4.78, 5) is 73.9. The summed E-state index contributed by atoms with van der Waals surface area (Å²) in [7, 11) is 0. The number of carbonyl (C=O) groups excluding carboxylic acids is 4. The monoisotopic (exact) mass is 926 g/mol. The lowest BCUT2D eigenvalue weighted by molar-refractivity contribution is -0.134. The Morgan fingerprint density at radius 1 is 0.787 bits per heavy atom. The zero-order valence-electron chi connectivity index (χ0n) is 32.8. The average molecular weight is 928 g/mol. The van der Waals surface area contributed by atoms with Gasteiger partial charge in [-0.2, -0.15) is 26.3 Å². The van der Waals surface area contributed by atoms with Crippen molar-refractivity contribution in [2.75, 3.05) is 42.1 Å². The number of para-hydroxylation sites is 2. The van der Waals surface area contributed by atoms with Crippen LogP contribution in [-0.4, -0.2) is 103 Å². The van der Waals surface area contributed by atoms with Crippen molar-refractivity contribution >= 4 is 79.0 Å². The highest BCUT2D eigenvalue weighted by Gasteiger charge is 2.29. The number of nitrogens with one attached hydrogen (secondary N) is 5. The van der Waals surface area contributed by atoms with Crippen LogP contribution in [0.4, 0.5) is 38.0 Å². The van der Waals surface area contributed by atoms with Crippen LogP contribution >= 0.6 is 15.9 Å². The number of carbonyl (C=O) groups is 5. The molecule has 0 saturated carbocycles. The number of carboxylic acids is 1. The van der Waals surface area contributed by atoms with E-state index in [0.717, 1.165) is 12.6 Å². The SMILES string of the molecule is CC(=O)O.Cc1nc2cccc(-c3cc4c([nH]3)CCNC4=O)c2nc1NCC(F)(F)F.Cc1nc2cccc(C(=O)CBr)c2nc1NCC(F)(F)F.N.O=C1CCNC(=O)C1. The van der Waals surface area contributed by atoms with Gasteiger partial charge in [0, 0.05) is 55.4 Å². The second-order valence-electron chi connectivity index (χ2n) is 13.1. The number of piperidine rings is 1. The van der Waals surface area contributed by atoms with Crippen LogP contribution in [0, 0.1) is 13.8 Å². The molecule has 5 aromatic rings. The molecule has 2 aliphatic rings. The molecule has 0 spiro atoms. The zero-order valence-corrected chi connectivity index (χ0v) is 34.4. The van der Waals surface area contributed by atoms with Crippen LogP contribution in [0.25, 0.3) is 33.3 Å². The number of halogens is 7. The van der Waals surface area contributed by atoms with E-state index in [2.05, 4.69) is 62.1 Å². The molecule has 16 nitrogen and oxygen atoms in total. The lowest BCUT2D eigenvalue weighted by Gasteiger charge is -2.12. The van der Waals surface area contributed by atoms with Gasteiger partial charge in [-0.05, 0) is 38.1 Å². The number of aryl methyl sites for hydroxylation is 2. The fraction of sp³-hybridized carbons (Fsp3) is 0.342. The van der Waals surface area contributed by atoms with E-state index in [9.17, 15) is 45.5 Å². The number of nitrogens with zero attached hydrogens (tertiary/aromatic N) is 4. The minimum Gasteiger partial charge on any atom is -0.481 e. The third kappa shape index (κ3) is 14.5. The summed E-state index contributed by atoms with van der Waals surface area (Å²) in [5.74, 6) is -1.17. The molecule has 0 unspecified atom stereocenters. The van der Waals surface area contributed by atoms with Crippen molar-refractivity contribution in [3.63, 3.8) is 0 Å². The number of benzene rings is 2. The molecule has 0 radical (unpaired) electrons. The number of fused-ring (bicyclic) bond motifs is 3. The van der Waals surface area contributed by atoms with E-state index in [1.54, 1.807) is 56.3 Å². The standard InChI is InChI=1S/C18H16F3N5O.C13H11BrF3N3O.C5H7NO2.C2H4O2.H3N/c1-9-16(23-8-18(19,20)21)26-15-10(3-2-4-13(15)24-9)14-7-11-12(25-14)5-6-22-17(11)27;1-7-12(18-6-13(15,16)17)20-11-8(10(21)5-14)3-2-4-9(11)19-7;7-4-1-2-6-5(8)3-4;1-2(3)4;/h2-4,7,25H,5-6,8H2,1H3,(H,22,27)(H,23,26);2-4H,5-6H2,1H3,(H,18,20);1-3H2,(H,6,8);1H3,(H,3,4);1H3. The highest BCUT2D eigenvalue weighted by atomic mass is 79.9. The predicted octanol–water partition coefficient (Wildman–Crippen LogP) is 6.40. The van der Waals surface area contributed by atoms with E-state index in [1.165, 1.54) is 0 Å². The summed E-state index contributed by atoms with van der Waals surface area (Å²) < 4.78 is 74.5. The zero-order chi connectivity index (χ0) is 44.4. The van der Waals surface area contributed by atoms with Crippen molar-refractivity contribution < 1.29 is 55.4 Å². The molecule has 2 aliphatic heterocycles. The van der Waals surface area contributed by atoms with Gasteiger partial charge in [0.1, 0.15) is 41.5 Å². The normalized spacial score (nSPS) is 13.4. The first-order valence-corrected chi connectivity index (χ1v) is 19.0. The summed E-state index contributed by atoms with van der Waals surface area (Å²) in [5.41, 5.74) is 5.61. The molecule has 0 aliphatic carbocycles. The van der Waals surface area contributed by atoms with Crippen molar-refractivity contribution in [3.05, 3.63) is 70.7 Å². The molecule has 61 heavy (non-hydrogen) atoms. The van der Waals surface area contributed by atoms with Crippen LogP contribution in [0.5, 0.6) is 0 Å². The number of rotatable bonds is 7. The van der Waals surface area contributed by atoms with Gasteiger partial charge in [0.05, 0.1) is 39.7 Å². The maximum atomic E-state index is 12.5. The Kier molecular flexibility index (Phi) is 17.2. The second-order valence-corrected chi connectivity index (χ2v) is 13.6. The number of Topliss-reactive ketones (excluding diaryl/α,β-unsaturated/α-hetero) is 2. The van der Waals surface area contributed by atoms with Gasteiger partial charge in [0.15, 0.2) is 5.78 Å². The summed E-state index contributed by atoms with van der Waals surface area (Å²) in [6.07, 6.45) is -7.43. The summed E-state index contributed by atoms with van der Waals surface area (Å²) in [6, 6.07) is 12.0. The van der Waals surface area contributed by atoms with Gasteiger partial charge in [0.2, 0.25) is 5.91 Å². The summed E-state index contributed by atoms with van der Waals surface area (Å²) >= 11 is 3.06. The molecule has 2 aromatic carbocycles. The number of amides is 2. The highest BCUT2D eigenvalue weighted by Crippen LogP contribution is 2.31. The fourth-order valence-corrected chi connectivity index (χ4v) is 5.96. The second kappa shape index (κ2) is 21.3. The average Bonchev–Trinajstić information content (AvgIpc) is 3.61. The van der Waals surface area contributed by atoms with E-state index in [-0.39, 0.29) is 58.4 Å². The maximum Gasteiger partial charge on any atom is 0.405 e. The number of anilines is 2. The number of aromatic amines is 1. The van der Waals surface area contributed by atoms with Gasteiger partial charge in [0.25, 0.3) is 11.9 Å². The molecule has 0 bridgehead atoms. The minimum absolute atomic E-state index is 0. The molecule has 5 heterocycles. The minimum atomic E-state index is -4.35. The van der Waals surface area contributed by atoms with Crippen molar-refractivity contribution in [2.24, 2.45) is 0 Å². The molecule has 7 rings (SSSR count). The first-order chi connectivity index (χ1) is 28.1. The Morgan fingerprint density at radius 2 is 1.31 bits per heavy atom. The molecule has 9 N–H and O–H groups in total. The Morgan fingerprint density at radius 3 is 1.80 bits per heavy atom. The number of carboxylic acid groups (broad SMARTS) is 1. The largest absolute Gasteiger partial charge is 0.481 e. The van der Waals surface area contributed by atoms with Gasteiger partial charge >= 0.3 is 12.4 Å². The Labute approximate surface area is 351 Å². The van der Waals surface area contributed by atoms with E-state index < -0.39 is 31.4 Å². The fourth-order valence-electron chi connectivity index (χ4n) is 5.66. The van der Waals surface area contributed by atoms with Crippen molar-refractivity contribution in [3.8, 4) is 11.3 Å². The molecule has 3 aromatic heterocycles. The third-order valence-corrected chi connectivity index (χ3v) is 8.76. The molecular formula is C38H41BrF6N10O6. The summed E-state index contributed by atoms with van der Waals surface area (Å²) in [5, 5.41) is 17.4. The van der Waals surface area contributed by atoms with E-state index in [1.807, 2.05) is 0 Å². The first-order valence-electron chi connectivity index (χ1n) is 17.9. The number of ketones is 2. The molecule has 1 saturated heterocycles. The van der Waals surface area contributed by atoms with Crippen molar-refractivity contribution in [2.45, 2.75) is 52.4 Å². The van der Waals surface area contributed by atoms with E-state index in [0.29, 0.717) is 76.3 Å². The molecule has 0 atom stereocenters. The van der Waals surface area contributed by atoms with Gasteiger partial charge in [-0.1, -0.05) is 34.1 Å². The van der Waals surface area contributed by atoms with Crippen LogP contribution in [0.1, 0.15) is 57.6 Å². The third-order valence-electron chi connectivity index (χ3n) is 8.25. The molecule has 328 valence electrons. The molecule has 23 heteroatoms. The lowest BCUT2D eigenvalue weighted by atomic mass is 10.1. The van der Waals surface area contributed by atoms with E-state index in [4.69, 9.17) is 9.90 Å². The van der Waals surface area contributed by atoms with Gasteiger partial charge in [-0.15, -0.1) is 0 Å². The van der Waals surface area contributed by atoms with Crippen LogP contribution in [0.3, 0.4) is 0 Å². The van der Waals surface area contributed by atoms with Gasteiger partial charge < -0.3 is 37.5 Å². The lowest BCUT2D eigenvalue weighted by Crippen LogP contribution is -2.33. The van der Waals surface area contributed by atoms with Crippen LogP contribution in [0.15, 0.2) is 42.5 Å². The number of aromatic nitrogens is 5.